The molecule has 0 radical (unpaired) electrons. The van der Waals surface area contributed by atoms with Crippen LogP contribution >= 0.6 is 0 Å². The van der Waals surface area contributed by atoms with Crippen LogP contribution in [0.15, 0.2) is 30.7 Å². The van der Waals surface area contributed by atoms with Gasteiger partial charge in [-0.25, -0.2) is 9.78 Å². The Morgan fingerprint density at radius 1 is 1.47 bits per heavy atom. The Morgan fingerprint density at radius 2 is 2.26 bits per heavy atom. The van der Waals surface area contributed by atoms with Gasteiger partial charge in [0.15, 0.2) is 5.69 Å². The number of hydrogen-bond donors (Lipinski definition) is 1. The molecule has 2 aromatic rings. The molecule has 0 fully saturated rings. The Labute approximate surface area is 111 Å². The predicted octanol–water partition coefficient (Wildman–Crippen LogP) is 1.15. The number of nitrogens with zero attached hydrogens (tertiary/aromatic N) is 4. The lowest BCUT2D eigenvalue weighted by Crippen LogP contribution is -2.19. The first-order valence-electron chi connectivity index (χ1n) is 5.89. The molecule has 2 heterocycles. The van der Waals surface area contributed by atoms with Crippen molar-refractivity contribution in [2.45, 2.75) is 13.1 Å². The number of rotatable bonds is 5. The lowest BCUT2D eigenvalue weighted by atomic mass is 10.2. The van der Waals surface area contributed by atoms with Crippen LogP contribution in [0.5, 0.6) is 0 Å². The zero-order chi connectivity index (χ0) is 13.8. The number of aromatic carboxylic acids is 1. The second-order valence-electron chi connectivity index (χ2n) is 4.51. The minimum Gasteiger partial charge on any atom is -0.477 e. The van der Waals surface area contributed by atoms with Crippen molar-refractivity contribution < 1.29 is 9.90 Å². The van der Waals surface area contributed by atoms with Crippen molar-refractivity contribution in [3.05, 3.63) is 47.5 Å². The van der Waals surface area contributed by atoms with Crippen LogP contribution in [-0.2, 0) is 20.1 Å². The minimum atomic E-state index is -0.995. The molecule has 2 aromatic heterocycles. The van der Waals surface area contributed by atoms with E-state index < -0.39 is 5.97 Å². The molecule has 0 aromatic carbocycles. The number of hydrogen-bond acceptors (Lipinski definition) is 4. The summed E-state index contributed by atoms with van der Waals surface area (Å²) in [5, 5.41) is 13.2. The number of pyridine rings is 1. The molecule has 0 saturated heterocycles. The van der Waals surface area contributed by atoms with Gasteiger partial charge in [-0.05, 0) is 18.7 Å². The third-order valence-electron chi connectivity index (χ3n) is 2.74. The largest absolute Gasteiger partial charge is 0.477 e. The average Bonchev–Trinajstić information content (AvgIpc) is 2.75. The molecule has 0 aliphatic rings. The van der Waals surface area contributed by atoms with Crippen molar-refractivity contribution in [1.29, 1.82) is 0 Å². The maximum absolute atomic E-state index is 11.1. The highest BCUT2D eigenvalue weighted by Gasteiger charge is 2.12. The second kappa shape index (κ2) is 5.62. The van der Waals surface area contributed by atoms with Gasteiger partial charge in [0, 0.05) is 38.1 Å². The van der Waals surface area contributed by atoms with E-state index in [2.05, 4.69) is 10.1 Å². The van der Waals surface area contributed by atoms with Crippen LogP contribution in [0, 0.1) is 0 Å². The normalized spacial score (nSPS) is 10.9. The molecule has 0 amide bonds. The van der Waals surface area contributed by atoms with E-state index in [0.717, 1.165) is 5.56 Å². The molecule has 0 spiro atoms. The van der Waals surface area contributed by atoms with Gasteiger partial charge in [-0.1, -0.05) is 6.07 Å². The molecule has 19 heavy (non-hydrogen) atoms. The van der Waals surface area contributed by atoms with Gasteiger partial charge in [0.05, 0.1) is 6.20 Å². The standard InChI is InChI=1S/C13H16N4O2/c1-16(7-10-6-15-17(2)8-10)9-11-4-3-5-14-12(11)13(18)19/h3-6,8H,7,9H2,1-2H3,(H,18,19). The second-order valence-corrected chi connectivity index (χ2v) is 4.51. The summed E-state index contributed by atoms with van der Waals surface area (Å²) in [7, 11) is 3.80. The van der Waals surface area contributed by atoms with Crippen LogP contribution in [-0.4, -0.2) is 37.8 Å². The highest BCUT2D eigenvalue weighted by Crippen LogP contribution is 2.10. The van der Waals surface area contributed by atoms with E-state index >= 15 is 0 Å². The van der Waals surface area contributed by atoms with Crippen molar-refractivity contribution >= 4 is 5.97 Å². The SMILES string of the molecule is CN(Cc1cnn(C)c1)Cc1cccnc1C(=O)O. The Morgan fingerprint density at radius 3 is 2.89 bits per heavy atom. The third kappa shape index (κ3) is 3.38. The van der Waals surface area contributed by atoms with E-state index in [4.69, 9.17) is 5.11 Å². The van der Waals surface area contributed by atoms with Crippen molar-refractivity contribution in [1.82, 2.24) is 19.7 Å². The summed E-state index contributed by atoms with van der Waals surface area (Å²) < 4.78 is 1.75. The Hall–Kier alpha value is -2.21. The topological polar surface area (TPSA) is 71.2 Å². The molecule has 0 saturated carbocycles. The van der Waals surface area contributed by atoms with Crippen molar-refractivity contribution in [3.63, 3.8) is 0 Å². The highest BCUT2D eigenvalue weighted by molar-refractivity contribution is 5.86. The Kier molecular flexibility index (Phi) is 3.91. The molecule has 1 N–H and O–H groups in total. The summed E-state index contributed by atoms with van der Waals surface area (Å²) in [4.78, 5) is 17.0. The van der Waals surface area contributed by atoms with E-state index in [1.807, 2.05) is 25.2 Å². The molecule has 6 heteroatoms. The summed E-state index contributed by atoms with van der Waals surface area (Å²) in [6.07, 6.45) is 5.24. The maximum Gasteiger partial charge on any atom is 0.354 e. The van der Waals surface area contributed by atoms with Gasteiger partial charge in [0.25, 0.3) is 0 Å². The maximum atomic E-state index is 11.1. The monoisotopic (exact) mass is 260 g/mol. The number of aryl methyl sites for hydroxylation is 1. The van der Waals surface area contributed by atoms with Crippen LogP contribution < -0.4 is 0 Å². The van der Waals surface area contributed by atoms with Crippen molar-refractivity contribution in [2.24, 2.45) is 7.05 Å². The van der Waals surface area contributed by atoms with Crippen LogP contribution in [0.1, 0.15) is 21.6 Å². The third-order valence-corrected chi connectivity index (χ3v) is 2.74. The van der Waals surface area contributed by atoms with Gasteiger partial charge in [-0.2, -0.15) is 5.10 Å². The first-order chi connectivity index (χ1) is 9.06. The first-order valence-corrected chi connectivity index (χ1v) is 5.89. The number of carboxylic acid groups (broad SMARTS) is 1. The van der Waals surface area contributed by atoms with Crippen LogP contribution in [0.25, 0.3) is 0 Å². The van der Waals surface area contributed by atoms with Gasteiger partial charge in [-0.15, -0.1) is 0 Å². The zero-order valence-electron chi connectivity index (χ0n) is 10.9. The highest BCUT2D eigenvalue weighted by atomic mass is 16.4. The minimum absolute atomic E-state index is 0.112. The zero-order valence-corrected chi connectivity index (χ0v) is 10.9. The molecule has 0 atom stereocenters. The van der Waals surface area contributed by atoms with Gasteiger partial charge in [-0.3, -0.25) is 9.58 Å². The Bertz CT molecular complexity index is 580. The number of aromatic nitrogens is 3. The molecule has 2 rings (SSSR count). The summed E-state index contributed by atoms with van der Waals surface area (Å²) in [5.41, 5.74) is 1.91. The lowest BCUT2D eigenvalue weighted by Gasteiger charge is -2.16. The summed E-state index contributed by atoms with van der Waals surface area (Å²) in [5.74, 6) is -0.995. The summed E-state index contributed by atoms with van der Waals surface area (Å²) in [6, 6.07) is 3.54. The van der Waals surface area contributed by atoms with Crippen LogP contribution in [0.3, 0.4) is 0 Å². The number of carboxylic acids is 1. The molecule has 100 valence electrons. The lowest BCUT2D eigenvalue weighted by molar-refractivity contribution is 0.0688. The first kappa shape index (κ1) is 13.2. The van der Waals surface area contributed by atoms with Crippen molar-refractivity contribution in [2.75, 3.05) is 7.05 Å². The predicted molar refractivity (Wildman–Crippen MR) is 69.6 cm³/mol. The number of carbonyl (C=O) groups is 1. The summed E-state index contributed by atoms with van der Waals surface area (Å²) >= 11 is 0. The van der Waals surface area contributed by atoms with Crippen LogP contribution in [0.4, 0.5) is 0 Å². The van der Waals surface area contributed by atoms with E-state index in [-0.39, 0.29) is 5.69 Å². The fourth-order valence-electron chi connectivity index (χ4n) is 1.97. The molecular weight excluding hydrogens is 244 g/mol. The smallest absolute Gasteiger partial charge is 0.354 e. The quantitative estimate of drug-likeness (QED) is 0.873. The van der Waals surface area contributed by atoms with E-state index in [0.29, 0.717) is 18.7 Å². The van der Waals surface area contributed by atoms with Gasteiger partial charge < -0.3 is 5.11 Å². The van der Waals surface area contributed by atoms with Gasteiger partial charge in [0.1, 0.15) is 0 Å². The average molecular weight is 260 g/mol. The molecule has 0 aliphatic carbocycles. The fourth-order valence-corrected chi connectivity index (χ4v) is 1.97. The molecule has 0 unspecified atom stereocenters. The molecular formula is C13H16N4O2. The van der Waals surface area contributed by atoms with E-state index in [1.165, 1.54) is 6.20 Å². The molecule has 0 aliphatic heterocycles. The summed E-state index contributed by atoms with van der Waals surface area (Å²) in [6.45, 7) is 1.24. The van der Waals surface area contributed by atoms with Crippen molar-refractivity contribution in [3.8, 4) is 0 Å². The fraction of sp³-hybridized carbons (Fsp3) is 0.308. The molecule has 6 nitrogen and oxygen atoms in total. The molecule has 0 bridgehead atoms. The Balaban J connectivity index is 2.06. The van der Waals surface area contributed by atoms with E-state index in [1.54, 1.807) is 23.0 Å². The van der Waals surface area contributed by atoms with Gasteiger partial charge in [0.2, 0.25) is 0 Å². The van der Waals surface area contributed by atoms with E-state index in [9.17, 15) is 4.79 Å². The van der Waals surface area contributed by atoms with Crippen LogP contribution in [0.2, 0.25) is 0 Å². The van der Waals surface area contributed by atoms with Gasteiger partial charge >= 0.3 is 5.97 Å².